The number of imidazole rings is 1. The average molecular weight is 414 g/mol. The molecule has 0 spiro atoms. The Morgan fingerprint density at radius 2 is 1.96 bits per heavy atom. The summed E-state index contributed by atoms with van der Waals surface area (Å²) in [7, 11) is 0. The minimum absolute atomic E-state index is 0.0782. The Kier molecular flexibility index (Phi) is 5.15. The van der Waals surface area contributed by atoms with Gasteiger partial charge < -0.3 is 5.32 Å². The van der Waals surface area contributed by atoms with Crippen LogP contribution < -0.4 is 5.32 Å². The third kappa shape index (κ3) is 3.79. The van der Waals surface area contributed by atoms with Crippen molar-refractivity contribution in [1.29, 1.82) is 0 Å². The smallest absolute Gasteiger partial charge is 0.224 e. The maximum Gasteiger partial charge on any atom is 0.224 e. The lowest BCUT2D eigenvalue weighted by Crippen LogP contribution is -2.24. The minimum atomic E-state index is -0.268. The number of amides is 1. The lowest BCUT2D eigenvalue weighted by molar-refractivity contribution is -0.120. The van der Waals surface area contributed by atoms with E-state index in [-0.39, 0.29) is 18.1 Å². The number of rotatable bonds is 5. The molecule has 4 rings (SSSR count). The standard InChI is InChI=1S/C21H17ClFN3OS/c1-13-19(11-24-20(27)10-15-4-2-3-5-17(15)22)28-21-25-18(12-26(13)21)14-6-8-16(23)9-7-14/h2-9,12H,10-11H2,1H3,(H,24,27). The summed E-state index contributed by atoms with van der Waals surface area (Å²) in [5.74, 6) is -0.346. The number of nitrogens with one attached hydrogen (secondary N) is 1. The molecule has 4 aromatic rings. The van der Waals surface area contributed by atoms with Gasteiger partial charge in [0.25, 0.3) is 0 Å². The van der Waals surface area contributed by atoms with Crippen LogP contribution in [-0.2, 0) is 17.8 Å². The first-order chi connectivity index (χ1) is 13.5. The van der Waals surface area contributed by atoms with Crippen molar-refractivity contribution in [3.63, 3.8) is 0 Å². The van der Waals surface area contributed by atoms with Gasteiger partial charge in [-0.1, -0.05) is 41.1 Å². The van der Waals surface area contributed by atoms with Gasteiger partial charge in [-0.25, -0.2) is 9.37 Å². The van der Waals surface area contributed by atoms with Gasteiger partial charge in [0.15, 0.2) is 4.96 Å². The van der Waals surface area contributed by atoms with E-state index in [1.807, 2.05) is 35.7 Å². The van der Waals surface area contributed by atoms with Crippen LogP contribution in [0.4, 0.5) is 4.39 Å². The SMILES string of the molecule is Cc1c(CNC(=O)Cc2ccccc2Cl)sc2nc(-c3ccc(F)cc3)cn12. The predicted molar refractivity (Wildman–Crippen MR) is 110 cm³/mol. The second-order valence-electron chi connectivity index (χ2n) is 6.44. The summed E-state index contributed by atoms with van der Waals surface area (Å²) in [6, 6.07) is 13.6. The fraction of sp³-hybridized carbons (Fsp3) is 0.143. The number of carbonyl (C=O) groups excluding carboxylic acids is 1. The zero-order chi connectivity index (χ0) is 19.7. The van der Waals surface area contributed by atoms with E-state index in [0.29, 0.717) is 11.6 Å². The number of fused-ring (bicyclic) bond motifs is 1. The number of carbonyl (C=O) groups is 1. The second-order valence-corrected chi connectivity index (χ2v) is 7.91. The molecule has 0 unspecified atom stereocenters. The second kappa shape index (κ2) is 7.73. The molecule has 0 aliphatic rings. The van der Waals surface area contributed by atoms with Crippen molar-refractivity contribution in [2.24, 2.45) is 0 Å². The molecule has 2 aromatic heterocycles. The fourth-order valence-corrected chi connectivity index (χ4v) is 4.22. The van der Waals surface area contributed by atoms with Crippen molar-refractivity contribution < 1.29 is 9.18 Å². The molecule has 0 saturated heterocycles. The molecule has 0 aliphatic carbocycles. The van der Waals surface area contributed by atoms with E-state index in [9.17, 15) is 9.18 Å². The van der Waals surface area contributed by atoms with Crippen LogP contribution in [-0.4, -0.2) is 15.3 Å². The van der Waals surface area contributed by atoms with Gasteiger partial charge in [0, 0.05) is 27.4 Å². The van der Waals surface area contributed by atoms with Crippen LogP contribution in [0.3, 0.4) is 0 Å². The molecule has 0 atom stereocenters. The number of hydrogen-bond acceptors (Lipinski definition) is 3. The van der Waals surface area contributed by atoms with Gasteiger partial charge in [-0.2, -0.15) is 0 Å². The summed E-state index contributed by atoms with van der Waals surface area (Å²) >= 11 is 7.64. The maximum atomic E-state index is 13.1. The third-order valence-corrected chi connectivity index (χ3v) is 6.07. The minimum Gasteiger partial charge on any atom is -0.351 e. The molecule has 7 heteroatoms. The van der Waals surface area contributed by atoms with Crippen LogP contribution in [0.5, 0.6) is 0 Å². The lowest BCUT2D eigenvalue weighted by atomic mass is 10.1. The Hall–Kier alpha value is -2.70. The number of aromatic nitrogens is 2. The van der Waals surface area contributed by atoms with Crippen molar-refractivity contribution in [2.75, 3.05) is 0 Å². The van der Waals surface area contributed by atoms with E-state index < -0.39 is 0 Å². The first kappa shape index (κ1) is 18.7. The van der Waals surface area contributed by atoms with Gasteiger partial charge in [-0.05, 0) is 42.8 Å². The number of hydrogen-bond donors (Lipinski definition) is 1. The van der Waals surface area contributed by atoms with Gasteiger partial charge in [-0.3, -0.25) is 9.20 Å². The molecule has 142 valence electrons. The molecular formula is C21H17ClFN3OS. The van der Waals surface area contributed by atoms with Crippen LogP contribution >= 0.6 is 22.9 Å². The van der Waals surface area contributed by atoms with E-state index in [4.69, 9.17) is 11.6 Å². The van der Waals surface area contributed by atoms with Crippen molar-refractivity contribution in [1.82, 2.24) is 14.7 Å². The molecule has 0 bridgehead atoms. The van der Waals surface area contributed by atoms with E-state index in [1.54, 1.807) is 18.2 Å². The average Bonchev–Trinajstić information content (AvgIpc) is 3.22. The van der Waals surface area contributed by atoms with Gasteiger partial charge in [0.1, 0.15) is 5.82 Å². The van der Waals surface area contributed by atoms with Crippen molar-refractivity contribution in [3.8, 4) is 11.3 Å². The van der Waals surface area contributed by atoms with Crippen molar-refractivity contribution in [3.05, 3.63) is 81.7 Å². The van der Waals surface area contributed by atoms with Crippen molar-refractivity contribution >= 4 is 33.8 Å². The normalized spacial score (nSPS) is 11.1. The Labute approximate surface area is 170 Å². The van der Waals surface area contributed by atoms with Gasteiger partial charge >= 0.3 is 0 Å². The van der Waals surface area contributed by atoms with Crippen LogP contribution in [0.15, 0.2) is 54.7 Å². The fourth-order valence-electron chi connectivity index (χ4n) is 2.97. The maximum absolute atomic E-state index is 13.1. The molecule has 0 aliphatic heterocycles. The summed E-state index contributed by atoms with van der Waals surface area (Å²) in [6.07, 6.45) is 2.18. The zero-order valence-electron chi connectivity index (χ0n) is 15.1. The third-order valence-electron chi connectivity index (χ3n) is 4.55. The summed E-state index contributed by atoms with van der Waals surface area (Å²) in [5, 5.41) is 3.54. The molecule has 2 aromatic carbocycles. The van der Waals surface area contributed by atoms with E-state index in [1.165, 1.54) is 23.5 Å². The highest BCUT2D eigenvalue weighted by molar-refractivity contribution is 7.17. The van der Waals surface area contributed by atoms with Crippen LogP contribution in [0.25, 0.3) is 16.2 Å². The highest BCUT2D eigenvalue weighted by Crippen LogP contribution is 2.27. The van der Waals surface area contributed by atoms with Crippen LogP contribution in [0, 0.1) is 12.7 Å². The van der Waals surface area contributed by atoms with E-state index >= 15 is 0 Å². The number of nitrogens with zero attached hydrogens (tertiary/aromatic N) is 2. The number of halogens is 2. The Bertz CT molecular complexity index is 1150. The van der Waals surface area contributed by atoms with Gasteiger partial charge in [0.05, 0.1) is 18.7 Å². The Morgan fingerprint density at radius 1 is 1.21 bits per heavy atom. The highest BCUT2D eigenvalue weighted by atomic mass is 35.5. The molecule has 2 heterocycles. The largest absolute Gasteiger partial charge is 0.351 e. The lowest BCUT2D eigenvalue weighted by Gasteiger charge is -2.06. The number of benzene rings is 2. The molecule has 1 N–H and O–H groups in total. The summed E-state index contributed by atoms with van der Waals surface area (Å²) in [4.78, 5) is 18.8. The quantitative estimate of drug-likeness (QED) is 0.499. The number of aryl methyl sites for hydroxylation is 1. The van der Waals surface area contributed by atoms with Gasteiger partial charge in [-0.15, -0.1) is 0 Å². The van der Waals surface area contributed by atoms with E-state index in [0.717, 1.165) is 32.4 Å². The summed E-state index contributed by atoms with van der Waals surface area (Å²) in [6.45, 7) is 2.43. The van der Waals surface area contributed by atoms with Crippen molar-refractivity contribution in [2.45, 2.75) is 19.9 Å². The van der Waals surface area contributed by atoms with E-state index in [2.05, 4.69) is 10.3 Å². The highest BCUT2D eigenvalue weighted by Gasteiger charge is 2.14. The molecular weight excluding hydrogens is 397 g/mol. The summed E-state index contributed by atoms with van der Waals surface area (Å²) < 4.78 is 15.1. The topological polar surface area (TPSA) is 46.4 Å². The Balaban J connectivity index is 1.47. The zero-order valence-corrected chi connectivity index (χ0v) is 16.6. The number of thiazole rings is 1. The van der Waals surface area contributed by atoms with Gasteiger partial charge in [0.2, 0.25) is 5.91 Å². The summed E-state index contributed by atoms with van der Waals surface area (Å²) in [5.41, 5.74) is 3.50. The first-order valence-corrected chi connectivity index (χ1v) is 9.94. The molecule has 0 radical (unpaired) electrons. The molecule has 4 nitrogen and oxygen atoms in total. The first-order valence-electron chi connectivity index (χ1n) is 8.74. The molecule has 0 fully saturated rings. The predicted octanol–water partition coefficient (Wildman–Crippen LogP) is 5.02. The molecule has 1 amide bonds. The monoisotopic (exact) mass is 413 g/mol. The molecule has 28 heavy (non-hydrogen) atoms. The molecule has 0 saturated carbocycles. The Morgan fingerprint density at radius 3 is 2.68 bits per heavy atom. The van der Waals surface area contributed by atoms with Crippen LogP contribution in [0.2, 0.25) is 5.02 Å². The van der Waals surface area contributed by atoms with Crippen LogP contribution in [0.1, 0.15) is 16.1 Å².